The van der Waals surface area contributed by atoms with Gasteiger partial charge in [0.2, 0.25) is 0 Å². The Morgan fingerprint density at radius 3 is 3.00 bits per heavy atom. The zero-order chi connectivity index (χ0) is 13.6. The Hall–Kier alpha value is -2.12. The maximum Gasteiger partial charge on any atom is 0.338 e. The van der Waals surface area contributed by atoms with Crippen LogP contribution in [0.25, 0.3) is 0 Å². The highest BCUT2D eigenvalue weighted by molar-refractivity contribution is 5.99. The van der Waals surface area contributed by atoms with Crippen molar-refractivity contribution in [2.45, 2.75) is 18.3 Å². The molecule has 1 saturated heterocycles. The maximum atomic E-state index is 11.1. The molecule has 1 fully saturated rings. The summed E-state index contributed by atoms with van der Waals surface area (Å²) in [6.45, 7) is -0.0188. The molecule has 0 spiro atoms. The van der Waals surface area contributed by atoms with E-state index in [1.165, 1.54) is 18.2 Å². The Morgan fingerprint density at radius 2 is 2.26 bits per heavy atom. The van der Waals surface area contributed by atoms with E-state index in [2.05, 4.69) is 4.99 Å². The number of carboxylic acids is 1. The van der Waals surface area contributed by atoms with Gasteiger partial charge in [0.25, 0.3) is 11.7 Å². The van der Waals surface area contributed by atoms with Crippen molar-refractivity contribution in [1.82, 2.24) is 0 Å². The van der Waals surface area contributed by atoms with Crippen LogP contribution in [-0.2, 0) is 4.74 Å². The fourth-order valence-corrected chi connectivity index (χ4v) is 2.13. The quantitative estimate of drug-likeness (QED) is 0.672. The van der Waals surface area contributed by atoms with E-state index in [1.54, 1.807) is 0 Å². The van der Waals surface area contributed by atoms with Gasteiger partial charge in [-0.1, -0.05) is 6.07 Å². The van der Waals surface area contributed by atoms with Gasteiger partial charge in [0, 0.05) is 0 Å². The van der Waals surface area contributed by atoms with Crippen LogP contribution in [0.2, 0.25) is 0 Å². The summed E-state index contributed by atoms with van der Waals surface area (Å²) >= 11 is 0. The SMILES string of the molecule is O=C(O)c1cccc2c1N=C1OC[C@@H](O)CC1(O)O2. The first-order chi connectivity index (χ1) is 8.99. The number of aromatic carboxylic acids is 1. The normalized spacial score (nSPS) is 28.3. The van der Waals surface area contributed by atoms with Crippen molar-refractivity contribution in [1.29, 1.82) is 0 Å². The maximum absolute atomic E-state index is 11.1. The second kappa shape index (κ2) is 3.94. The van der Waals surface area contributed by atoms with E-state index in [0.29, 0.717) is 0 Å². The molecule has 3 rings (SSSR count). The van der Waals surface area contributed by atoms with Crippen LogP contribution in [0.3, 0.4) is 0 Å². The number of benzene rings is 1. The van der Waals surface area contributed by atoms with Crippen molar-refractivity contribution in [3.05, 3.63) is 23.8 Å². The minimum Gasteiger partial charge on any atom is -0.478 e. The van der Waals surface area contributed by atoms with Crippen molar-refractivity contribution < 1.29 is 29.6 Å². The Bertz CT molecular complexity index is 584. The molecule has 0 aromatic heterocycles. The van der Waals surface area contributed by atoms with E-state index in [-0.39, 0.29) is 35.9 Å². The predicted octanol–water partition coefficient (Wildman–Crippen LogP) is 0.277. The molecule has 0 amide bonds. The number of carboxylic acid groups (broad SMARTS) is 1. The molecule has 7 heteroatoms. The van der Waals surface area contributed by atoms with E-state index < -0.39 is 17.9 Å². The third-order valence-corrected chi connectivity index (χ3v) is 2.98. The second-order valence-electron chi connectivity index (χ2n) is 4.43. The highest BCUT2D eigenvalue weighted by Gasteiger charge is 2.47. The number of carbonyl (C=O) groups is 1. The van der Waals surface area contributed by atoms with Gasteiger partial charge >= 0.3 is 5.97 Å². The zero-order valence-corrected chi connectivity index (χ0v) is 9.74. The Morgan fingerprint density at radius 1 is 1.47 bits per heavy atom. The number of hydrogen-bond donors (Lipinski definition) is 3. The lowest BCUT2D eigenvalue weighted by Crippen LogP contribution is -2.54. The van der Waals surface area contributed by atoms with E-state index in [9.17, 15) is 15.0 Å². The van der Waals surface area contributed by atoms with Gasteiger partial charge in [0.05, 0.1) is 18.1 Å². The monoisotopic (exact) mass is 265 g/mol. The van der Waals surface area contributed by atoms with Gasteiger partial charge in [0.1, 0.15) is 18.0 Å². The van der Waals surface area contributed by atoms with Crippen LogP contribution in [-0.4, -0.2) is 45.7 Å². The largest absolute Gasteiger partial charge is 0.478 e. The number of fused-ring (bicyclic) bond motifs is 2. The number of aliphatic imine (C=N–C) groups is 1. The van der Waals surface area contributed by atoms with Gasteiger partial charge < -0.3 is 24.8 Å². The summed E-state index contributed by atoms with van der Waals surface area (Å²) in [7, 11) is 0. The summed E-state index contributed by atoms with van der Waals surface area (Å²) in [6.07, 6.45) is -0.948. The standard InChI is InChI=1S/C12H11NO6/c14-6-4-12(17)11(18-5-6)13-9-7(10(15)16)2-1-3-8(9)19-12/h1-3,6,14,17H,4-5H2,(H,15,16)/t6-,12?/m0/s1. The van der Waals surface area contributed by atoms with Crippen molar-refractivity contribution in [2.24, 2.45) is 4.99 Å². The summed E-state index contributed by atoms with van der Waals surface area (Å²) in [5, 5.41) is 28.8. The van der Waals surface area contributed by atoms with Crippen LogP contribution in [0.15, 0.2) is 23.2 Å². The number of aliphatic hydroxyl groups is 2. The summed E-state index contributed by atoms with van der Waals surface area (Å²) < 4.78 is 10.5. The molecule has 100 valence electrons. The number of para-hydroxylation sites is 1. The molecule has 1 aromatic carbocycles. The average Bonchev–Trinajstić information content (AvgIpc) is 2.34. The molecule has 2 aliphatic heterocycles. The average molecular weight is 265 g/mol. The number of aliphatic hydroxyl groups excluding tert-OH is 1. The number of nitrogens with zero attached hydrogens (tertiary/aromatic N) is 1. The van der Waals surface area contributed by atoms with Gasteiger partial charge in [-0.05, 0) is 12.1 Å². The Labute approximate surface area is 107 Å². The predicted molar refractivity (Wildman–Crippen MR) is 62.6 cm³/mol. The molecule has 2 heterocycles. The van der Waals surface area contributed by atoms with E-state index in [1.807, 2.05) is 0 Å². The second-order valence-corrected chi connectivity index (χ2v) is 4.43. The van der Waals surface area contributed by atoms with Crippen molar-refractivity contribution in [3.63, 3.8) is 0 Å². The molecule has 0 radical (unpaired) electrons. The highest BCUT2D eigenvalue weighted by atomic mass is 16.7. The third-order valence-electron chi connectivity index (χ3n) is 2.98. The van der Waals surface area contributed by atoms with Gasteiger partial charge in [0.15, 0.2) is 0 Å². The lowest BCUT2D eigenvalue weighted by molar-refractivity contribution is -0.144. The van der Waals surface area contributed by atoms with Crippen molar-refractivity contribution in [2.75, 3.05) is 6.61 Å². The van der Waals surface area contributed by atoms with Crippen LogP contribution in [0.1, 0.15) is 16.8 Å². The molecular formula is C12H11NO6. The molecule has 1 aromatic rings. The number of rotatable bonds is 1. The Balaban J connectivity index is 2.11. The van der Waals surface area contributed by atoms with Gasteiger partial charge in [-0.25, -0.2) is 9.79 Å². The molecule has 3 N–H and O–H groups in total. The van der Waals surface area contributed by atoms with Gasteiger partial charge in [-0.3, -0.25) is 0 Å². The van der Waals surface area contributed by atoms with Crippen LogP contribution < -0.4 is 4.74 Å². The summed E-state index contributed by atoms with van der Waals surface area (Å²) in [6, 6.07) is 4.38. The molecular weight excluding hydrogens is 254 g/mol. The lowest BCUT2D eigenvalue weighted by Gasteiger charge is -2.38. The fourth-order valence-electron chi connectivity index (χ4n) is 2.13. The first-order valence-corrected chi connectivity index (χ1v) is 5.67. The van der Waals surface area contributed by atoms with Gasteiger partial charge in [-0.15, -0.1) is 0 Å². The van der Waals surface area contributed by atoms with Crippen molar-refractivity contribution in [3.8, 4) is 5.75 Å². The fraction of sp³-hybridized carbons (Fsp3) is 0.333. The zero-order valence-electron chi connectivity index (χ0n) is 9.74. The smallest absolute Gasteiger partial charge is 0.338 e. The van der Waals surface area contributed by atoms with Crippen LogP contribution in [0.4, 0.5) is 5.69 Å². The molecule has 19 heavy (non-hydrogen) atoms. The third kappa shape index (κ3) is 1.83. The van der Waals surface area contributed by atoms with Gasteiger partial charge in [-0.2, -0.15) is 0 Å². The van der Waals surface area contributed by atoms with E-state index in [4.69, 9.17) is 14.6 Å². The van der Waals surface area contributed by atoms with Crippen LogP contribution in [0, 0.1) is 0 Å². The molecule has 0 bridgehead atoms. The summed E-state index contributed by atoms with van der Waals surface area (Å²) in [5.74, 6) is -2.98. The number of hydrogen-bond acceptors (Lipinski definition) is 6. The molecule has 0 aliphatic carbocycles. The molecule has 7 nitrogen and oxygen atoms in total. The summed E-state index contributed by atoms with van der Waals surface area (Å²) in [4.78, 5) is 15.1. The molecule has 1 unspecified atom stereocenters. The van der Waals surface area contributed by atoms with Crippen LogP contribution in [0.5, 0.6) is 5.75 Å². The first-order valence-electron chi connectivity index (χ1n) is 5.67. The molecule has 2 atom stereocenters. The van der Waals surface area contributed by atoms with Crippen molar-refractivity contribution >= 4 is 17.6 Å². The lowest BCUT2D eigenvalue weighted by atomic mass is 10.0. The number of ether oxygens (including phenoxy) is 2. The van der Waals surface area contributed by atoms with E-state index in [0.717, 1.165) is 0 Å². The highest BCUT2D eigenvalue weighted by Crippen LogP contribution is 2.41. The van der Waals surface area contributed by atoms with E-state index >= 15 is 0 Å². The Kier molecular flexibility index (Phi) is 2.48. The molecule has 2 aliphatic rings. The first kappa shape index (κ1) is 11.9. The topological polar surface area (TPSA) is 109 Å². The minimum atomic E-state index is -1.85. The molecule has 0 saturated carbocycles. The van der Waals surface area contributed by atoms with Crippen LogP contribution >= 0.6 is 0 Å². The summed E-state index contributed by atoms with van der Waals surface area (Å²) in [5.41, 5.74) is 0.0628. The minimum absolute atomic E-state index is 0.0188.